The van der Waals surface area contributed by atoms with Crippen LogP contribution in [0.4, 0.5) is 0 Å². The van der Waals surface area contributed by atoms with Crippen LogP contribution in [-0.4, -0.2) is 29.4 Å². The number of hydrogen-bond acceptors (Lipinski definition) is 3. The van der Waals surface area contributed by atoms with Crippen LogP contribution >= 0.6 is 11.3 Å². The Morgan fingerprint density at radius 3 is 2.65 bits per heavy atom. The predicted molar refractivity (Wildman–Crippen MR) is 84.0 cm³/mol. The summed E-state index contributed by atoms with van der Waals surface area (Å²) < 4.78 is 0. The third-order valence-electron chi connectivity index (χ3n) is 3.13. The Morgan fingerprint density at radius 1 is 1.30 bits per heavy atom. The fraction of sp³-hybridized carbons (Fsp3) is 0.375. The molecule has 0 saturated heterocycles. The Balaban J connectivity index is 2.07. The van der Waals surface area contributed by atoms with E-state index in [1.54, 1.807) is 11.1 Å². The van der Waals surface area contributed by atoms with E-state index < -0.39 is 0 Å². The van der Waals surface area contributed by atoms with Gasteiger partial charge in [0, 0.05) is 19.2 Å². The van der Waals surface area contributed by atoms with Crippen molar-refractivity contribution in [3.8, 4) is 10.6 Å². The van der Waals surface area contributed by atoms with Crippen molar-refractivity contribution in [1.82, 2.24) is 9.88 Å². The molecule has 4 heteroatoms. The van der Waals surface area contributed by atoms with Crippen LogP contribution < -0.4 is 0 Å². The molecule has 1 aromatic heterocycles. The Bertz CT molecular complexity index is 563. The van der Waals surface area contributed by atoms with E-state index in [1.165, 1.54) is 11.3 Å². The third kappa shape index (κ3) is 3.67. The highest BCUT2D eigenvalue weighted by atomic mass is 32.1. The average Bonchev–Trinajstić information content (AvgIpc) is 2.94. The van der Waals surface area contributed by atoms with E-state index in [0.717, 1.165) is 23.5 Å². The largest absolute Gasteiger partial charge is 0.341 e. The van der Waals surface area contributed by atoms with Gasteiger partial charge < -0.3 is 4.90 Å². The summed E-state index contributed by atoms with van der Waals surface area (Å²) in [5.41, 5.74) is 1.06. The van der Waals surface area contributed by atoms with Gasteiger partial charge in [-0.25, -0.2) is 4.98 Å². The fourth-order valence-corrected chi connectivity index (χ4v) is 2.74. The number of benzene rings is 1. The van der Waals surface area contributed by atoms with Crippen LogP contribution in [0, 0.1) is 5.92 Å². The SMILES string of the molecule is CC(C)CCN(C)C(=O)c1cnc(-c2ccccc2)s1. The molecule has 0 atom stereocenters. The lowest BCUT2D eigenvalue weighted by Crippen LogP contribution is -2.27. The standard InChI is InChI=1S/C16H20N2OS/c1-12(2)9-10-18(3)16(19)14-11-17-15(20-14)13-7-5-4-6-8-13/h4-8,11-12H,9-10H2,1-3H3. The van der Waals surface area contributed by atoms with Gasteiger partial charge in [-0.05, 0) is 12.3 Å². The molecule has 1 aromatic carbocycles. The first kappa shape index (κ1) is 14.7. The van der Waals surface area contributed by atoms with E-state index in [1.807, 2.05) is 37.4 Å². The number of carbonyl (C=O) groups excluding carboxylic acids is 1. The number of nitrogens with zero attached hydrogens (tertiary/aromatic N) is 2. The van der Waals surface area contributed by atoms with Gasteiger partial charge in [0.25, 0.3) is 5.91 Å². The van der Waals surface area contributed by atoms with E-state index >= 15 is 0 Å². The molecule has 0 N–H and O–H groups in total. The third-order valence-corrected chi connectivity index (χ3v) is 4.16. The average molecular weight is 288 g/mol. The summed E-state index contributed by atoms with van der Waals surface area (Å²) in [6.45, 7) is 5.12. The van der Waals surface area contributed by atoms with Crippen molar-refractivity contribution in [3.63, 3.8) is 0 Å². The predicted octanol–water partition coefficient (Wildman–Crippen LogP) is 3.93. The van der Waals surface area contributed by atoms with Gasteiger partial charge in [0.05, 0.1) is 6.20 Å². The number of carbonyl (C=O) groups is 1. The van der Waals surface area contributed by atoms with E-state index in [2.05, 4.69) is 18.8 Å². The van der Waals surface area contributed by atoms with Crippen LogP contribution in [0.25, 0.3) is 10.6 Å². The molecule has 0 saturated carbocycles. The zero-order chi connectivity index (χ0) is 14.5. The van der Waals surface area contributed by atoms with Crippen LogP contribution in [0.1, 0.15) is 29.9 Å². The summed E-state index contributed by atoms with van der Waals surface area (Å²) in [7, 11) is 1.85. The van der Waals surface area contributed by atoms with Crippen LogP contribution in [0.5, 0.6) is 0 Å². The summed E-state index contributed by atoms with van der Waals surface area (Å²) in [5.74, 6) is 0.664. The molecule has 106 valence electrons. The molecule has 2 rings (SSSR count). The molecular formula is C16H20N2OS. The van der Waals surface area contributed by atoms with Crippen molar-refractivity contribution in [2.24, 2.45) is 5.92 Å². The van der Waals surface area contributed by atoms with E-state index in [4.69, 9.17) is 0 Å². The maximum absolute atomic E-state index is 12.3. The monoisotopic (exact) mass is 288 g/mol. The topological polar surface area (TPSA) is 33.2 Å². The van der Waals surface area contributed by atoms with Gasteiger partial charge in [0.1, 0.15) is 9.88 Å². The first-order chi connectivity index (χ1) is 9.58. The lowest BCUT2D eigenvalue weighted by molar-refractivity contribution is 0.0793. The molecule has 0 bridgehead atoms. The van der Waals surface area contributed by atoms with Crippen LogP contribution in [0.2, 0.25) is 0 Å². The number of amides is 1. The maximum Gasteiger partial charge on any atom is 0.265 e. The lowest BCUT2D eigenvalue weighted by atomic mass is 10.1. The van der Waals surface area contributed by atoms with Crippen molar-refractivity contribution in [1.29, 1.82) is 0 Å². The van der Waals surface area contributed by atoms with E-state index in [0.29, 0.717) is 10.8 Å². The zero-order valence-electron chi connectivity index (χ0n) is 12.2. The van der Waals surface area contributed by atoms with Gasteiger partial charge >= 0.3 is 0 Å². The summed E-state index contributed by atoms with van der Waals surface area (Å²) in [6, 6.07) is 9.95. The number of rotatable bonds is 5. The quantitative estimate of drug-likeness (QED) is 0.835. The van der Waals surface area contributed by atoms with Crippen molar-refractivity contribution in [3.05, 3.63) is 41.4 Å². The molecule has 2 aromatic rings. The highest BCUT2D eigenvalue weighted by molar-refractivity contribution is 7.16. The Kier molecular flexibility index (Phi) is 4.90. The van der Waals surface area contributed by atoms with Gasteiger partial charge in [0.15, 0.2) is 0 Å². The van der Waals surface area contributed by atoms with Gasteiger partial charge in [0.2, 0.25) is 0 Å². The van der Waals surface area contributed by atoms with Gasteiger partial charge in [-0.1, -0.05) is 44.2 Å². The molecular weight excluding hydrogens is 268 g/mol. The molecule has 0 aliphatic carbocycles. The molecule has 0 fully saturated rings. The van der Waals surface area contributed by atoms with Gasteiger partial charge in [-0.3, -0.25) is 4.79 Å². The molecule has 1 heterocycles. The van der Waals surface area contributed by atoms with Gasteiger partial charge in [-0.2, -0.15) is 0 Å². The van der Waals surface area contributed by atoms with Crippen molar-refractivity contribution in [2.75, 3.05) is 13.6 Å². The highest BCUT2D eigenvalue weighted by Gasteiger charge is 2.15. The smallest absolute Gasteiger partial charge is 0.265 e. The van der Waals surface area contributed by atoms with E-state index in [-0.39, 0.29) is 5.91 Å². The first-order valence-electron chi connectivity index (χ1n) is 6.84. The Hall–Kier alpha value is -1.68. The van der Waals surface area contributed by atoms with Crippen molar-refractivity contribution in [2.45, 2.75) is 20.3 Å². The minimum atomic E-state index is 0.0605. The maximum atomic E-state index is 12.3. The molecule has 0 spiro atoms. The molecule has 0 unspecified atom stereocenters. The molecule has 0 aliphatic rings. The normalized spacial score (nSPS) is 10.8. The van der Waals surface area contributed by atoms with Crippen LogP contribution in [-0.2, 0) is 0 Å². The second-order valence-corrected chi connectivity index (χ2v) is 6.34. The second-order valence-electron chi connectivity index (χ2n) is 5.30. The van der Waals surface area contributed by atoms with Gasteiger partial charge in [-0.15, -0.1) is 11.3 Å². The first-order valence-corrected chi connectivity index (χ1v) is 7.66. The molecule has 1 amide bonds. The summed E-state index contributed by atoms with van der Waals surface area (Å²) in [4.78, 5) is 19.1. The van der Waals surface area contributed by atoms with Crippen LogP contribution in [0.15, 0.2) is 36.5 Å². The second kappa shape index (κ2) is 6.66. The van der Waals surface area contributed by atoms with Crippen molar-refractivity contribution < 1.29 is 4.79 Å². The van der Waals surface area contributed by atoms with E-state index in [9.17, 15) is 4.79 Å². The lowest BCUT2D eigenvalue weighted by Gasteiger charge is -2.17. The molecule has 3 nitrogen and oxygen atoms in total. The minimum Gasteiger partial charge on any atom is -0.341 e. The number of aromatic nitrogens is 1. The molecule has 0 aliphatic heterocycles. The van der Waals surface area contributed by atoms with Crippen molar-refractivity contribution >= 4 is 17.2 Å². The molecule has 0 radical (unpaired) electrons. The summed E-state index contributed by atoms with van der Waals surface area (Å²) in [6.07, 6.45) is 2.70. The number of hydrogen-bond donors (Lipinski definition) is 0. The zero-order valence-corrected chi connectivity index (χ0v) is 13.0. The highest BCUT2D eigenvalue weighted by Crippen LogP contribution is 2.25. The minimum absolute atomic E-state index is 0.0605. The van der Waals surface area contributed by atoms with Crippen LogP contribution in [0.3, 0.4) is 0 Å². The number of thiazole rings is 1. The fourth-order valence-electron chi connectivity index (χ4n) is 1.83. The Labute approximate surface area is 124 Å². The summed E-state index contributed by atoms with van der Waals surface area (Å²) in [5, 5.41) is 0.895. The molecule has 20 heavy (non-hydrogen) atoms. The summed E-state index contributed by atoms with van der Waals surface area (Å²) >= 11 is 1.45. The Morgan fingerprint density at radius 2 is 2.00 bits per heavy atom.